The van der Waals surface area contributed by atoms with Gasteiger partial charge in [-0.25, -0.2) is 9.37 Å². The smallest absolute Gasteiger partial charge is 0.266 e. The van der Waals surface area contributed by atoms with E-state index in [-0.39, 0.29) is 23.8 Å². The average molecular weight is 446 g/mol. The molecule has 0 saturated carbocycles. The lowest BCUT2D eigenvalue weighted by molar-refractivity contribution is -0.120. The van der Waals surface area contributed by atoms with Gasteiger partial charge in [-0.05, 0) is 56.4 Å². The van der Waals surface area contributed by atoms with Gasteiger partial charge in [0.15, 0.2) is 11.7 Å². The van der Waals surface area contributed by atoms with E-state index in [2.05, 4.69) is 23.7 Å². The number of thiazole rings is 1. The van der Waals surface area contributed by atoms with Crippen LogP contribution < -0.4 is 14.4 Å². The normalized spacial score (nSPS) is 11.1. The Kier molecular flexibility index (Phi) is 8.20. The van der Waals surface area contributed by atoms with Crippen molar-refractivity contribution in [3.05, 3.63) is 48.3 Å². The van der Waals surface area contributed by atoms with Gasteiger partial charge in [-0.1, -0.05) is 31.3 Å². The second-order valence-electron chi connectivity index (χ2n) is 6.85. The molecule has 0 bridgehead atoms. The van der Waals surface area contributed by atoms with Crippen LogP contribution in [0.4, 0.5) is 9.52 Å². The van der Waals surface area contributed by atoms with Crippen LogP contribution in [-0.2, 0) is 4.79 Å². The monoisotopic (exact) mass is 445 g/mol. The van der Waals surface area contributed by atoms with Gasteiger partial charge in [0.2, 0.25) is 0 Å². The van der Waals surface area contributed by atoms with Gasteiger partial charge < -0.3 is 14.4 Å². The summed E-state index contributed by atoms with van der Waals surface area (Å²) in [5, 5.41) is 0.479. The van der Waals surface area contributed by atoms with E-state index in [9.17, 15) is 9.18 Å². The Hall–Kier alpha value is -2.71. The van der Waals surface area contributed by atoms with Gasteiger partial charge >= 0.3 is 0 Å². The zero-order chi connectivity index (χ0) is 22.2. The van der Waals surface area contributed by atoms with E-state index in [1.54, 1.807) is 35.2 Å². The van der Waals surface area contributed by atoms with Crippen molar-refractivity contribution >= 4 is 32.6 Å². The number of benzene rings is 2. The molecular formula is C23H28FN3O3S. The van der Waals surface area contributed by atoms with Gasteiger partial charge in [0.05, 0.1) is 11.3 Å². The van der Waals surface area contributed by atoms with Crippen LogP contribution in [0.1, 0.15) is 20.8 Å². The molecule has 1 amide bonds. The molecule has 3 rings (SSSR count). The molecule has 0 unspecified atom stereocenters. The highest BCUT2D eigenvalue weighted by Gasteiger charge is 2.22. The Morgan fingerprint density at radius 2 is 1.68 bits per heavy atom. The molecule has 0 saturated heterocycles. The predicted molar refractivity (Wildman–Crippen MR) is 123 cm³/mol. The molecular weight excluding hydrogens is 417 g/mol. The minimum Gasteiger partial charge on any atom is -0.494 e. The highest BCUT2D eigenvalue weighted by molar-refractivity contribution is 7.22. The van der Waals surface area contributed by atoms with E-state index in [1.165, 1.54) is 17.4 Å². The molecule has 31 heavy (non-hydrogen) atoms. The zero-order valence-corrected chi connectivity index (χ0v) is 19.0. The summed E-state index contributed by atoms with van der Waals surface area (Å²) in [6.45, 7) is 9.45. The molecule has 166 valence electrons. The minimum atomic E-state index is -0.387. The number of nitrogens with zero attached hydrogens (tertiary/aromatic N) is 3. The number of ether oxygens (including phenoxy) is 2. The molecule has 3 aromatic rings. The SMILES string of the molecule is CCOc1ccc(OCC(=O)N(CCN(CC)CC)c2nc3c(F)cccc3s2)cc1. The van der Waals surface area contributed by atoms with Gasteiger partial charge in [-0.2, -0.15) is 0 Å². The van der Waals surface area contributed by atoms with Crippen LogP contribution in [-0.4, -0.2) is 55.2 Å². The van der Waals surface area contributed by atoms with E-state index in [1.807, 2.05) is 13.0 Å². The Bertz CT molecular complexity index is 989. The summed E-state index contributed by atoms with van der Waals surface area (Å²) in [4.78, 5) is 21.3. The van der Waals surface area contributed by atoms with Crippen LogP contribution >= 0.6 is 11.3 Å². The van der Waals surface area contributed by atoms with Gasteiger partial charge in [-0.15, -0.1) is 0 Å². The van der Waals surface area contributed by atoms with Crippen LogP contribution in [0.5, 0.6) is 11.5 Å². The van der Waals surface area contributed by atoms with E-state index in [0.29, 0.717) is 35.3 Å². The van der Waals surface area contributed by atoms with E-state index in [0.717, 1.165) is 18.8 Å². The summed E-state index contributed by atoms with van der Waals surface area (Å²) < 4.78 is 26.0. The van der Waals surface area contributed by atoms with Gasteiger partial charge in [-0.3, -0.25) is 9.69 Å². The summed E-state index contributed by atoms with van der Waals surface area (Å²) in [6, 6.07) is 12.0. The minimum absolute atomic E-state index is 0.134. The number of rotatable bonds is 11. The molecule has 0 aliphatic heterocycles. The van der Waals surface area contributed by atoms with Crippen LogP contribution in [0.3, 0.4) is 0 Å². The fraction of sp³-hybridized carbons (Fsp3) is 0.391. The first-order chi connectivity index (χ1) is 15.0. The standard InChI is InChI=1S/C23H28FN3O3S/c1-4-26(5-2)14-15-27(23-25-22-19(24)8-7-9-20(22)31-23)21(28)16-30-18-12-10-17(11-13-18)29-6-3/h7-13H,4-6,14-16H2,1-3H3. The van der Waals surface area contributed by atoms with Gasteiger partial charge in [0, 0.05) is 13.1 Å². The first-order valence-corrected chi connectivity index (χ1v) is 11.3. The zero-order valence-electron chi connectivity index (χ0n) is 18.1. The molecule has 8 heteroatoms. The largest absolute Gasteiger partial charge is 0.494 e. The highest BCUT2D eigenvalue weighted by atomic mass is 32.1. The maximum Gasteiger partial charge on any atom is 0.266 e. The second-order valence-corrected chi connectivity index (χ2v) is 7.86. The van der Waals surface area contributed by atoms with Crippen molar-refractivity contribution in [2.75, 3.05) is 44.3 Å². The first-order valence-electron chi connectivity index (χ1n) is 10.5. The molecule has 6 nitrogen and oxygen atoms in total. The number of aromatic nitrogens is 1. The fourth-order valence-electron chi connectivity index (χ4n) is 3.15. The Morgan fingerprint density at radius 3 is 2.29 bits per heavy atom. The van der Waals surface area contributed by atoms with Gasteiger partial charge in [0.1, 0.15) is 22.8 Å². The lowest BCUT2D eigenvalue weighted by Crippen LogP contribution is -2.41. The number of hydrogen-bond acceptors (Lipinski definition) is 6. The number of carbonyl (C=O) groups is 1. The van der Waals surface area contributed by atoms with Crippen molar-refractivity contribution in [3.63, 3.8) is 0 Å². The number of fused-ring (bicyclic) bond motifs is 1. The number of halogens is 1. The maximum atomic E-state index is 14.1. The quantitative estimate of drug-likeness (QED) is 0.432. The average Bonchev–Trinajstić information content (AvgIpc) is 3.22. The summed E-state index contributed by atoms with van der Waals surface area (Å²) in [7, 11) is 0. The van der Waals surface area contributed by atoms with E-state index in [4.69, 9.17) is 9.47 Å². The Labute approximate surface area is 186 Å². The Morgan fingerprint density at radius 1 is 1.00 bits per heavy atom. The lowest BCUT2D eigenvalue weighted by Gasteiger charge is -2.24. The summed E-state index contributed by atoms with van der Waals surface area (Å²) in [6.07, 6.45) is 0. The number of anilines is 1. The number of amides is 1. The molecule has 0 aliphatic rings. The van der Waals surface area contributed by atoms with Crippen LogP contribution in [0.25, 0.3) is 10.2 Å². The van der Waals surface area contributed by atoms with Crippen molar-refractivity contribution in [3.8, 4) is 11.5 Å². The molecule has 1 aromatic heterocycles. The molecule has 2 aromatic carbocycles. The van der Waals surface area contributed by atoms with Crippen molar-refractivity contribution in [2.45, 2.75) is 20.8 Å². The van der Waals surface area contributed by atoms with Crippen LogP contribution in [0.2, 0.25) is 0 Å². The molecule has 0 radical (unpaired) electrons. The highest BCUT2D eigenvalue weighted by Crippen LogP contribution is 2.30. The van der Waals surface area contributed by atoms with Crippen LogP contribution in [0.15, 0.2) is 42.5 Å². The molecule has 0 atom stereocenters. The second kappa shape index (κ2) is 11.1. The third-order valence-electron chi connectivity index (χ3n) is 4.92. The molecule has 1 heterocycles. The van der Waals surface area contributed by atoms with Crippen molar-refractivity contribution < 1.29 is 18.7 Å². The third kappa shape index (κ3) is 5.92. The molecule has 0 fully saturated rings. The molecule has 0 spiro atoms. The number of hydrogen-bond donors (Lipinski definition) is 0. The van der Waals surface area contributed by atoms with Crippen molar-refractivity contribution in [2.24, 2.45) is 0 Å². The predicted octanol–water partition coefficient (Wildman–Crippen LogP) is 4.59. The van der Waals surface area contributed by atoms with Gasteiger partial charge in [0.25, 0.3) is 5.91 Å². The summed E-state index contributed by atoms with van der Waals surface area (Å²) in [5.74, 6) is 0.719. The molecule has 0 N–H and O–H groups in total. The number of para-hydroxylation sites is 1. The number of carbonyl (C=O) groups excluding carboxylic acids is 1. The fourth-order valence-corrected chi connectivity index (χ4v) is 4.17. The topological polar surface area (TPSA) is 54.9 Å². The van der Waals surface area contributed by atoms with E-state index >= 15 is 0 Å². The lowest BCUT2D eigenvalue weighted by atomic mass is 10.3. The molecule has 0 aliphatic carbocycles. The van der Waals surface area contributed by atoms with Crippen molar-refractivity contribution in [1.82, 2.24) is 9.88 Å². The van der Waals surface area contributed by atoms with Crippen molar-refractivity contribution in [1.29, 1.82) is 0 Å². The third-order valence-corrected chi connectivity index (χ3v) is 5.97. The maximum absolute atomic E-state index is 14.1. The first kappa shape index (κ1) is 23.0. The van der Waals surface area contributed by atoms with Crippen LogP contribution in [0, 0.1) is 5.82 Å². The Balaban J connectivity index is 1.75. The summed E-state index contributed by atoms with van der Waals surface area (Å²) >= 11 is 1.31. The summed E-state index contributed by atoms with van der Waals surface area (Å²) in [5.41, 5.74) is 0.288. The van der Waals surface area contributed by atoms with E-state index < -0.39 is 0 Å². The number of likely N-dealkylation sites (N-methyl/N-ethyl adjacent to an activating group) is 1.